The van der Waals surface area contributed by atoms with E-state index in [-0.39, 0.29) is 17.4 Å². The highest BCUT2D eigenvalue weighted by Gasteiger charge is 2.13. The van der Waals surface area contributed by atoms with Crippen LogP contribution in [0.1, 0.15) is 5.69 Å². The maximum absolute atomic E-state index is 12.8. The van der Waals surface area contributed by atoms with Crippen molar-refractivity contribution in [2.24, 2.45) is 10.1 Å². The van der Waals surface area contributed by atoms with Gasteiger partial charge in [-0.3, -0.25) is 4.98 Å². The Kier molecular flexibility index (Phi) is 4.49. The minimum absolute atomic E-state index is 0.133. The third-order valence-electron chi connectivity index (χ3n) is 2.51. The molecule has 0 unspecified atom stereocenters. The molecule has 0 radical (unpaired) electrons. The molecule has 0 saturated carbocycles. The molecule has 0 aliphatic carbocycles. The molecule has 1 aromatic heterocycles. The summed E-state index contributed by atoms with van der Waals surface area (Å²) < 4.78 is 40.0. The van der Waals surface area contributed by atoms with Crippen LogP contribution >= 0.6 is 0 Å². The van der Waals surface area contributed by atoms with Gasteiger partial charge in [0.25, 0.3) is 10.0 Å². The monoisotopic (exact) mass is 308 g/mol. The zero-order chi connectivity index (χ0) is 15.3. The van der Waals surface area contributed by atoms with E-state index < -0.39 is 15.8 Å². The lowest BCUT2D eigenvalue weighted by atomic mass is 10.3. The number of halogens is 1. The summed E-state index contributed by atoms with van der Waals surface area (Å²) >= 11 is 0. The molecule has 1 aromatic carbocycles. The van der Waals surface area contributed by atoms with Gasteiger partial charge in [0.05, 0.1) is 17.1 Å². The predicted octanol–water partition coefficient (Wildman–Crippen LogP) is 1.01. The number of aromatic nitrogens is 1. The first-order valence-corrected chi connectivity index (χ1v) is 7.41. The summed E-state index contributed by atoms with van der Waals surface area (Å²) in [6, 6.07) is 9.65. The number of benzene rings is 1. The molecule has 21 heavy (non-hydrogen) atoms. The van der Waals surface area contributed by atoms with Crippen molar-refractivity contribution in [3.63, 3.8) is 0 Å². The Morgan fingerprint density at radius 3 is 2.57 bits per heavy atom. The van der Waals surface area contributed by atoms with Gasteiger partial charge in [-0.05, 0) is 36.4 Å². The molecule has 0 amide bonds. The summed E-state index contributed by atoms with van der Waals surface area (Å²) in [4.78, 5) is 3.92. The molecule has 0 bridgehead atoms. The largest absolute Gasteiger partial charge is 0.369 e. The normalized spacial score (nSPS) is 12.1. The number of rotatable bonds is 4. The number of sulfonamides is 1. The second-order valence-corrected chi connectivity index (χ2v) is 5.68. The van der Waals surface area contributed by atoms with Gasteiger partial charge in [-0.1, -0.05) is 6.07 Å². The van der Waals surface area contributed by atoms with Crippen molar-refractivity contribution in [1.29, 1.82) is 0 Å². The van der Waals surface area contributed by atoms with Crippen LogP contribution in [0.5, 0.6) is 0 Å². The van der Waals surface area contributed by atoms with Crippen molar-refractivity contribution in [1.82, 2.24) is 10.3 Å². The zero-order valence-electron chi connectivity index (χ0n) is 10.9. The van der Waals surface area contributed by atoms with Gasteiger partial charge in [-0.2, -0.15) is 8.42 Å². The van der Waals surface area contributed by atoms with Gasteiger partial charge in [-0.25, -0.2) is 4.39 Å². The van der Waals surface area contributed by atoms with Crippen LogP contribution in [0.3, 0.4) is 0 Å². The lowest BCUT2D eigenvalue weighted by Gasteiger charge is -2.05. The van der Waals surface area contributed by atoms with Crippen molar-refractivity contribution >= 4 is 16.0 Å². The molecule has 0 atom stereocenters. The van der Waals surface area contributed by atoms with Crippen molar-refractivity contribution in [3.8, 4) is 0 Å². The van der Waals surface area contributed by atoms with E-state index in [1.807, 2.05) is 0 Å². The van der Waals surface area contributed by atoms with Crippen molar-refractivity contribution in [3.05, 3.63) is 60.2 Å². The number of nitrogens with two attached hydrogens (primary N) is 1. The number of nitrogens with zero attached hydrogens (tertiary/aromatic N) is 2. The second kappa shape index (κ2) is 6.31. The summed E-state index contributed by atoms with van der Waals surface area (Å²) in [5.41, 5.74) is 6.22. The van der Waals surface area contributed by atoms with E-state index in [9.17, 15) is 12.8 Å². The van der Waals surface area contributed by atoms with E-state index in [1.165, 1.54) is 0 Å². The first kappa shape index (κ1) is 14.9. The maximum Gasteiger partial charge on any atom is 0.285 e. The summed E-state index contributed by atoms with van der Waals surface area (Å²) in [5.74, 6) is -0.788. The van der Waals surface area contributed by atoms with E-state index in [0.717, 1.165) is 24.3 Å². The molecule has 1 heterocycles. The molecular formula is C13H13FN4O2S. The highest BCUT2D eigenvalue weighted by Crippen LogP contribution is 2.12. The van der Waals surface area contributed by atoms with Crippen LogP contribution < -0.4 is 11.1 Å². The van der Waals surface area contributed by atoms with Gasteiger partial charge in [0.1, 0.15) is 5.82 Å². The summed E-state index contributed by atoms with van der Waals surface area (Å²) in [5, 5.41) is 2.65. The average molecular weight is 308 g/mol. The number of pyridine rings is 1. The first-order chi connectivity index (χ1) is 9.97. The Balaban J connectivity index is 2.08. The van der Waals surface area contributed by atoms with Gasteiger partial charge in [0, 0.05) is 6.20 Å². The molecule has 0 saturated heterocycles. The first-order valence-electron chi connectivity index (χ1n) is 5.97. The standard InChI is InChI=1S/C13H13FN4O2S/c14-10-4-6-12(7-5-10)21(19,20)18-13(15)17-9-11-3-1-2-8-16-11/h1-8H,9H2,(H3,15,17,18). The molecule has 0 aliphatic heterocycles. The predicted molar refractivity (Wildman–Crippen MR) is 76.3 cm³/mol. The van der Waals surface area contributed by atoms with E-state index in [2.05, 4.69) is 14.7 Å². The minimum Gasteiger partial charge on any atom is -0.369 e. The van der Waals surface area contributed by atoms with Crippen molar-refractivity contribution in [2.75, 3.05) is 0 Å². The molecule has 0 fully saturated rings. The third-order valence-corrected chi connectivity index (χ3v) is 3.81. The van der Waals surface area contributed by atoms with E-state index >= 15 is 0 Å². The molecule has 3 N–H and O–H groups in total. The van der Waals surface area contributed by atoms with Crippen LogP contribution in [0.4, 0.5) is 4.39 Å². The zero-order valence-corrected chi connectivity index (χ0v) is 11.7. The summed E-state index contributed by atoms with van der Waals surface area (Å²) in [7, 11) is -3.97. The lowest BCUT2D eigenvalue weighted by molar-refractivity contribution is 0.596. The van der Waals surface area contributed by atoms with E-state index in [1.54, 1.807) is 24.4 Å². The smallest absolute Gasteiger partial charge is 0.285 e. The number of hydrogen-bond donors (Lipinski definition) is 2. The Labute approximate surface area is 121 Å². The molecule has 2 rings (SSSR count). The van der Waals surface area contributed by atoms with Crippen LogP contribution in [0.2, 0.25) is 0 Å². The number of nitrogens with one attached hydrogen (secondary N) is 1. The summed E-state index contributed by atoms with van der Waals surface area (Å²) in [6.07, 6.45) is 1.61. The van der Waals surface area contributed by atoms with Crippen molar-refractivity contribution in [2.45, 2.75) is 11.4 Å². The van der Waals surface area contributed by atoms with Gasteiger partial charge in [0.2, 0.25) is 5.96 Å². The van der Waals surface area contributed by atoms with Crippen LogP contribution in [0.15, 0.2) is 58.0 Å². The quantitative estimate of drug-likeness (QED) is 0.649. The molecule has 0 spiro atoms. The highest BCUT2D eigenvalue weighted by molar-refractivity contribution is 7.90. The fourth-order valence-electron chi connectivity index (χ4n) is 1.50. The maximum atomic E-state index is 12.8. The summed E-state index contributed by atoms with van der Waals surface area (Å²) in [6.45, 7) is 0.245. The Bertz CT molecular complexity index is 731. The minimum atomic E-state index is -3.97. The molecule has 2 aromatic rings. The van der Waals surface area contributed by atoms with Gasteiger partial charge < -0.3 is 11.1 Å². The number of guanidine groups is 1. The fourth-order valence-corrected chi connectivity index (χ4v) is 2.41. The fraction of sp³-hybridized carbons (Fsp3) is 0.0769. The Morgan fingerprint density at radius 1 is 1.24 bits per heavy atom. The Morgan fingerprint density at radius 2 is 1.95 bits per heavy atom. The van der Waals surface area contributed by atoms with E-state index in [0.29, 0.717) is 5.69 Å². The van der Waals surface area contributed by atoms with Crippen LogP contribution in [0.25, 0.3) is 0 Å². The molecular weight excluding hydrogens is 295 g/mol. The van der Waals surface area contributed by atoms with Crippen LogP contribution in [-0.4, -0.2) is 19.4 Å². The molecule has 110 valence electrons. The third kappa shape index (κ3) is 4.25. The van der Waals surface area contributed by atoms with Crippen LogP contribution in [0, 0.1) is 5.82 Å². The second-order valence-electron chi connectivity index (χ2n) is 4.08. The molecule has 6 nitrogen and oxygen atoms in total. The van der Waals surface area contributed by atoms with Crippen LogP contribution in [-0.2, 0) is 16.6 Å². The van der Waals surface area contributed by atoms with Gasteiger partial charge in [-0.15, -0.1) is 4.40 Å². The lowest BCUT2D eigenvalue weighted by Crippen LogP contribution is -2.32. The average Bonchev–Trinajstić information content (AvgIpc) is 2.46. The topological polar surface area (TPSA) is 97.4 Å². The SMILES string of the molecule is N/C(=N\S(=O)(=O)c1ccc(F)cc1)NCc1ccccn1. The van der Waals surface area contributed by atoms with E-state index in [4.69, 9.17) is 5.73 Å². The Hall–Kier alpha value is -2.48. The molecule has 0 aliphatic rings. The van der Waals surface area contributed by atoms with Gasteiger partial charge in [0.15, 0.2) is 0 Å². The highest BCUT2D eigenvalue weighted by atomic mass is 32.2. The van der Waals surface area contributed by atoms with Gasteiger partial charge >= 0.3 is 0 Å². The number of hydrogen-bond acceptors (Lipinski definition) is 3. The van der Waals surface area contributed by atoms with Crippen molar-refractivity contribution < 1.29 is 12.8 Å². The molecule has 8 heteroatoms.